The average Bonchev–Trinajstić information content (AvgIpc) is 2.81. The number of imidazole rings is 1. The number of benzene rings is 1. The summed E-state index contributed by atoms with van der Waals surface area (Å²) in [6.07, 6.45) is 2.90. The number of fused-ring (bicyclic) bond motifs is 1. The van der Waals surface area contributed by atoms with E-state index in [1.807, 2.05) is 25.1 Å². The number of nitrogens with one attached hydrogen (secondary N) is 1. The maximum atomic E-state index is 11.8. The lowest BCUT2D eigenvalue weighted by Gasteiger charge is -1.97. The van der Waals surface area contributed by atoms with Gasteiger partial charge in [-0.15, -0.1) is 0 Å². The summed E-state index contributed by atoms with van der Waals surface area (Å²) in [6.45, 7) is 1.91. The summed E-state index contributed by atoms with van der Waals surface area (Å²) < 4.78 is 23.5. The van der Waals surface area contributed by atoms with Crippen LogP contribution in [0.1, 0.15) is 5.69 Å². The van der Waals surface area contributed by atoms with E-state index in [0.29, 0.717) is 16.9 Å². The molecule has 3 aromatic rings. The number of rotatable bonds is 2. The molecule has 1 aromatic carbocycles. The Morgan fingerprint density at radius 1 is 1.15 bits per heavy atom. The van der Waals surface area contributed by atoms with Crippen molar-refractivity contribution in [2.75, 3.05) is 6.26 Å². The zero-order valence-electron chi connectivity index (χ0n) is 11.1. The Bertz CT molecular complexity index is 880. The van der Waals surface area contributed by atoms with Gasteiger partial charge in [0.25, 0.3) is 0 Å². The average molecular weight is 287 g/mol. The topological polar surface area (TPSA) is 75.7 Å². The minimum absolute atomic E-state index is 0.234. The van der Waals surface area contributed by atoms with Gasteiger partial charge in [-0.3, -0.25) is 4.98 Å². The molecule has 6 heteroatoms. The van der Waals surface area contributed by atoms with Gasteiger partial charge in [-0.25, -0.2) is 13.4 Å². The van der Waals surface area contributed by atoms with E-state index in [-0.39, 0.29) is 4.90 Å². The van der Waals surface area contributed by atoms with Crippen molar-refractivity contribution in [2.45, 2.75) is 11.8 Å². The summed E-state index contributed by atoms with van der Waals surface area (Å²) in [5, 5.41) is 0. The Balaban J connectivity index is 2.23. The van der Waals surface area contributed by atoms with E-state index in [1.54, 1.807) is 18.3 Å². The third kappa shape index (κ3) is 2.18. The molecule has 0 aliphatic heterocycles. The zero-order chi connectivity index (χ0) is 14.3. The van der Waals surface area contributed by atoms with E-state index in [9.17, 15) is 8.42 Å². The summed E-state index contributed by atoms with van der Waals surface area (Å²) >= 11 is 0. The van der Waals surface area contributed by atoms with Gasteiger partial charge >= 0.3 is 0 Å². The molecule has 2 heterocycles. The Morgan fingerprint density at radius 2 is 1.95 bits per heavy atom. The van der Waals surface area contributed by atoms with E-state index in [1.165, 1.54) is 6.26 Å². The molecule has 0 aliphatic carbocycles. The summed E-state index contributed by atoms with van der Waals surface area (Å²) in [6, 6.07) is 8.87. The number of hydrogen-bond donors (Lipinski definition) is 1. The van der Waals surface area contributed by atoms with Crippen LogP contribution < -0.4 is 0 Å². The van der Waals surface area contributed by atoms with E-state index in [4.69, 9.17) is 0 Å². The van der Waals surface area contributed by atoms with Gasteiger partial charge in [0.1, 0.15) is 11.3 Å². The summed E-state index contributed by atoms with van der Waals surface area (Å²) in [5.41, 5.74) is 2.90. The highest BCUT2D eigenvalue weighted by Crippen LogP contribution is 2.25. The third-order valence-corrected chi connectivity index (χ3v) is 4.19. The smallest absolute Gasteiger partial charge is 0.177 e. The van der Waals surface area contributed by atoms with E-state index in [2.05, 4.69) is 15.0 Å². The number of pyridine rings is 1. The van der Waals surface area contributed by atoms with Crippen molar-refractivity contribution < 1.29 is 8.42 Å². The first-order chi connectivity index (χ1) is 9.45. The quantitative estimate of drug-likeness (QED) is 0.785. The Labute approximate surface area is 116 Å². The van der Waals surface area contributed by atoms with Crippen molar-refractivity contribution in [3.8, 4) is 11.4 Å². The normalized spacial score (nSPS) is 11.9. The molecule has 102 valence electrons. The van der Waals surface area contributed by atoms with E-state index >= 15 is 0 Å². The van der Waals surface area contributed by atoms with Crippen molar-refractivity contribution in [1.82, 2.24) is 15.0 Å². The fourth-order valence-electron chi connectivity index (χ4n) is 2.05. The van der Waals surface area contributed by atoms with E-state index < -0.39 is 9.84 Å². The van der Waals surface area contributed by atoms with Crippen molar-refractivity contribution in [3.63, 3.8) is 0 Å². The molecule has 0 spiro atoms. The number of H-pyrrole nitrogens is 1. The second-order valence-corrected chi connectivity index (χ2v) is 6.68. The zero-order valence-corrected chi connectivity index (χ0v) is 11.9. The van der Waals surface area contributed by atoms with Gasteiger partial charge in [0.15, 0.2) is 9.84 Å². The third-order valence-electron chi connectivity index (χ3n) is 3.06. The summed E-state index contributed by atoms with van der Waals surface area (Å²) in [7, 11) is -3.30. The summed E-state index contributed by atoms with van der Waals surface area (Å²) in [5.74, 6) is 0.614. The lowest BCUT2D eigenvalue weighted by molar-refractivity contribution is 0.602. The van der Waals surface area contributed by atoms with Crippen LogP contribution in [0.5, 0.6) is 0 Å². The Hall–Kier alpha value is -2.21. The number of aromatic amines is 1. The highest BCUT2D eigenvalue weighted by molar-refractivity contribution is 7.91. The standard InChI is InChI=1S/C14H13N3O2S/c1-9-6-7-10(8-15-9)14-16-11-4-3-5-12(13(11)17-14)20(2,18)19/h3-8H,1-2H3,(H,16,17). The van der Waals surface area contributed by atoms with Crippen LogP contribution in [0.25, 0.3) is 22.4 Å². The van der Waals surface area contributed by atoms with Crippen molar-refractivity contribution in [3.05, 3.63) is 42.2 Å². The molecule has 2 aromatic heterocycles. The van der Waals surface area contributed by atoms with E-state index in [0.717, 1.165) is 11.3 Å². The van der Waals surface area contributed by atoms with Crippen LogP contribution in [0.4, 0.5) is 0 Å². The first-order valence-corrected chi connectivity index (χ1v) is 7.96. The number of hydrogen-bond acceptors (Lipinski definition) is 4. The van der Waals surface area contributed by atoms with Gasteiger partial charge in [0, 0.05) is 23.7 Å². The molecule has 0 saturated carbocycles. The monoisotopic (exact) mass is 287 g/mol. The molecule has 0 aliphatic rings. The molecule has 3 rings (SSSR count). The predicted molar refractivity (Wildman–Crippen MR) is 77.2 cm³/mol. The van der Waals surface area contributed by atoms with Crippen LogP contribution in [0.3, 0.4) is 0 Å². The van der Waals surface area contributed by atoms with Crippen LogP contribution in [0.2, 0.25) is 0 Å². The fraction of sp³-hybridized carbons (Fsp3) is 0.143. The van der Waals surface area contributed by atoms with Gasteiger partial charge in [-0.2, -0.15) is 0 Å². The second-order valence-electron chi connectivity index (χ2n) is 4.70. The molecule has 0 atom stereocenters. The predicted octanol–water partition coefficient (Wildman–Crippen LogP) is 2.34. The molecule has 0 amide bonds. The van der Waals surface area contributed by atoms with Gasteiger partial charge in [0.2, 0.25) is 0 Å². The SMILES string of the molecule is Cc1ccc(-c2nc3c(S(C)(=O)=O)cccc3[nH]2)cn1. The maximum Gasteiger partial charge on any atom is 0.177 e. The molecule has 20 heavy (non-hydrogen) atoms. The van der Waals surface area contributed by atoms with Gasteiger partial charge < -0.3 is 4.98 Å². The first kappa shape index (κ1) is 12.8. The van der Waals surface area contributed by atoms with Crippen LogP contribution in [-0.4, -0.2) is 29.6 Å². The number of sulfone groups is 1. The fourth-order valence-corrected chi connectivity index (χ4v) is 2.88. The molecular weight excluding hydrogens is 274 g/mol. The number of para-hydroxylation sites is 1. The lowest BCUT2D eigenvalue weighted by atomic mass is 10.2. The van der Waals surface area contributed by atoms with Crippen molar-refractivity contribution in [1.29, 1.82) is 0 Å². The van der Waals surface area contributed by atoms with Crippen LogP contribution in [-0.2, 0) is 9.84 Å². The highest BCUT2D eigenvalue weighted by Gasteiger charge is 2.15. The number of nitrogens with zero attached hydrogens (tertiary/aromatic N) is 2. The molecule has 0 radical (unpaired) electrons. The molecule has 0 saturated heterocycles. The van der Waals surface area contributed by atoms with Gasteiger partial charge in [-0.05, 0) is 31.2 Å². The minimum atomic E-state index is -3.30. The number of aromatic nitrogens is 3. The first-order valence-electron chi connectivity index (χ1n) is 6.07. The van der Waals surface area contributed by atoms with Crippen LogP contribution >= 0.6 is 0 Å². The van der Waals surface area contributed by atoms with Crippen LogP contribution in [0.15, 0.2) is 41.4 Å². The molecule has 1 N–H and O–H groups in total. The molecular formula is C14H13N3O2S. The van der Waals surface area contributed by atoms with Gasteiger partial charge in [0.05, 0.1) is 10.4 Å². The second kappa shape index (κ2) is 4.42. The Kier molecular flexibility index (Phi) is 2.83. The molecule has 0 unspecified atom stereocenters. The minimum Gasteiger partial charge on any atom is -0.338 e. The largest absolute Gasteiger partial charge is 0.338 e. The number of aryl methyl sites for hydroxylation is 1. The highest BCUT2D eigenvalue weighted by atomic mass is 32.2. The lowest BCUT2D eigenvalue weighted by Crippen LogP contribution is -1.97. The Morgan fingerprint density at radius 3 is 2.60 bits per heavy atom. The molecule has 0 fully saturated rings. The van der Waals surface area contributed by atoms with Crippen LogP contribution in [0, 0.1) is 6.92 Å². The van der Waals surface area contributed by atoms with Crippen molar-refractivity contribution >= 4 is 20.9 Å². The van der Waals surface area contributed by atoms with Gasteiger partial charge in [-0.1, -0.05) is 6.07 Å². The maximum absolute atomic E-state index is 11.8. The summed E-state index contributed by atoms with van der Waals surface area (Å²) in [4.78, 5) is 12.0. The molecule has 5 nitrogen and oxygen atoms in total. The van der Waals surface area contributed by atoms with Crippen molar-refractivity contribution in [2.24, 2.45) is 0 Å². The molecule has 0 bridgehead atoms.